The molecule has 3 rings (SSSR count). The van der Waals surface area contributed by atoms with Crippen molar-refractivity contribution in [2.45, 2.75) is 26.4 Å². The number of pyridine rings is 1. The molecular formula is C20H23F3N5+. The van der Waals surface area contributed by atoms with Crippen LogP contribution in [0.15, 0.2) is 30.3 Å². The molecule has 0 saturated heterocycles. The van der Waals surface area contributed by atoms with Crippen LogP contribution in [-0.2, 0) is 6.18 Å². The van der Waals surface area contributed by atoms with Gasteiger partial charge >= 0.3 is 6.18 Å². The molecule has 0 unspecified atom stereocenters. The van der Waals surface area contributed by atoms with Crippen molar-refractivity contribution >= 4 is 22.5 Å². The number of nitrogens with one attached hydrogen (secondary N) is 2. The van der Waals surface area contributed by atoms with Crippen LogP contribution in [0.4, 0.5) is 19.0 Å². The zero-order valence-corrected chi connectivity index (χ0v) is 15.9. The van der Waals surface area contributed by atoms with E-state index in [1.807, 2.05) is 0 Å². The molecule has 0 aliphatic heterocycles. The van der Waals surface area contributed by atoms with Crippen LogP contribution >= 0.6 is 0 Å². The molecule has 2 N–H and O–H groups in total. The van der Waals surface area contributed by atoms with Crippen molar-refractivity contribution in [2.75, 3.05) is 31.5 Å². The molecule has 0 bridgehead atoms. The maximum Gasteiger partial charge on any atom is 0.417 e. The van der Waals surface area contributed by atoms with Crippen LogP contribution in [0.3, 0.4) is 0 Å². The highest BCUT2D eigenvalue weighted by molar-refractivity contribution is 5.85. The lowest BCUT2D eigenvalue weighted by Crippen LogP contribution is -3.11. The predicted molar refractivity (Wildman–Crippen MR) is 102 cm³/mol. The number of halogens is 3. The Balaban J connectivity index is 2.06. The molecule has 2 heterocycles. The van der Waals surface area contributed by atoms with Crippen molar-refractivity contribution in [1.82, 2.24) is 9.38 Å². The fraction of sp³-hybridized carbons (Fsp3) is 0.400. The summed E-state index contributed by atoms with van der Waals surface area (Å²) in [5.74, 6) is 0.296. The van der Waals surface area contributed by atoms with Gasteiger partial charge in [0.25, 0.3) is 0 Å². The number of para-hydroxylation sites is 2. The lowest BCUT2D eigenvalue weighted by molar-refractivity contribution is -0.896. The normalized spacial score (nSPS) is 12.0. The zero-order chi connectivity index (χ0) is 20.3. The molecule has 8 heteroatoms. The second-order valence-electron chi connectivity index (χ2n) is 6.67. The maximum absolute atomic E-state index is 13.6. The Morgan fingerprint density at radius 3 is 2.57 bits per heavy atom. The molecule has 0 saturated carbocycles. The van der Waals surface area contributed by atoms with Gasteiger partial charge in [-0.25, -0.2) is 4.98 Å². The molecule has 0 amide bonds. The highest BCUT2D eigenvalue weighted by Gasteiger charge is 2.36. The number of rotatable bonds is 7. The summed E-state index contributed by atoms with van der Waals surface area (Å²) in [6, 6.07) is 9.80. The van der Waals surface area contributed by atoms with Crippen molar-refractivity contribution in [1.29, 1.82) is 5.26 Å². The molecule has 5 nitrogen and oxygen atoms in total. The third-order valence-corrected chi connectivity index (χ3v) is 5.01. The minimum absolute atomic E-state index is 0.0235. The number of quaternary nitrogens is 1. The largest absolute Gasteiger partial charge is 0.417 e. The number of alkyl halides is 3. The highest BCUT2D eigenvalue weighted by atomic mass is 19.4. The minimum Gasteiger partial charge on any atom is -0.371 e. The van der Waals surface area contributed by atoms with E-state index in [4.69, 9.17) is 0 Å². The summed E-state index contributed by atoms with van der Waals surface area (Å²) in [7, 11) is 0. The van der Waals surface area contributed by atoms with E-state index < -0.39 is 17.3 Å². The molecule has 0 aliphatic rings. The standard InChI is InChI=1S/C20H22F3N5/c1-3-27(4-2)11-7-10-25-18-12-15(20(21,22)23)14(13-24)19-26-16-8-5-6-9-17(16)28(18)19/h5-6,8-9,12,25H,3-4,7,10-11H2,1-2H3/p+1. The molecule has 0 atom stereocenters. The average Bonchev–Trinajstić information content (AvgIpc) is 3.06. The Morgan fingerprint density at radius 1 is 1.21 bits per heavy atom. The topological polar surface area (TPSA) is 57.6 Å². The van der Waals surface area contributed by atoms with E-state index in [1.54, 1.807) is 34.7 Å². The van der Waals surface area contributed by atoms with Crippen molar-refractivity contribution < 1.29 is 18.1 Å². The number of nitrogens with zero attached hydrogens (tertiary/aromatic N) is 3. The lowest BCUT2D eigenvalue weighted by atomic mass is 10.1. The summed E-state index contributed by atoms with van der Waals surface area (Å²) >= 11 is 0. The van der Waals surface area contributed by atoms with Gasteiger partial charge in [0.05, 0.1) is 36.2 Å². The number of hydrogen-bond donors (Lipinski definition) is 2. The Labute approximate surface area is 161 Å². The molecule has 0 aliphatic carbocycles. The highest BCUT2D eigenvalue weighted by Crippen LogP contribution is 2.36. The van der Waals surface area contributed by atoms with Crippen LogP contribution in [0.5, 0.6) is 0 Å². The predicted octanol–water partition coefficient (Wildman–Crippen LogP) is 3.10. The van der Waals surface area contributed by atoms with Crippen molar-refractivity contribution in [3.63, 3.8) is 0 Å². The van der Waals surface area contributed by atoms with Crippen LogP contribution in [0.2, 0.25) is 0 Å². The number of hydrogen-bond acceptors (Lipinski definition) is 3. The van der Waals surface area contributed by atoms with Gasteiger partial charge in [0, 0.05) is 13.0 Å². The van der Waals surface area contributed by atoms with Crippen LogP contribution in [0.25, 0.3) is 16.7 Å². The molecular weight excluding hydrogens is 367 g/mol. The van der Waals surface area contributed by atoms with E-state index in [-0.39, 0.29) is 5.65 Å². The summed E-state index contributed by atoms with van der Waals surface area (Å²) in [5, 5.41) is 12.5. The molecule has 2 aromatic heterocycles. The third-order valence-electron chi connectivity index (χ3n) is 5.01. The number of benzene rings is 1. The number of imidazole rings is 1. The number of nitriles is 1. The first kappa shape index (κ1) is 20.0. The number of fused-ring (bicyclic) bond motifs is 3. The fourth-order valence-corrected chi connectivity index (χ4v) is 3.45. The van der Waals surface area contributed by atoms with E-state index in [2.05, 4.69) is 24.1 Å². The monoisotopic (exact) mass is 390 g/mol. The SMILES string of the molecule is CC[NH+](CC)CCCNc1cc(C(F)(F)F)c(C#N)c2nc3ccccc3n12. The van der Waals surface area contributed by atoms with Gasteiger partial charge in [-0.2, -0.15) is 18.4 Å². The lowest BCUT2D eigenvalue weighted by Gasteiger charge is -2.17. The van der Waals surface area contributed by atoms with E-state index in [0.717, 1.165) is 32.1 Å². The first-order valence-electron chi connectivity index (χ1n) is 9.39. The van der Waals surface area contributed by atoms with Gasteiger partial charge in [-0.3, -0.25) is 4.40 Å². The van der Waals surface area contributed by atoms with E-state index in [0.29, 0.717) is 23.4 Å². The molecule has 0 fully saturated rings. The number of anilines is 1. The van der Waals surface area contributed by atoms with E-state index >= 15 is 0 Å². The van der Waals surface area contributed by atoms with E-state index in [9.17, 15) is 18.4 Å². The Kier molecular flexibility index (Phi) is 5.75. The summed E-state index contributed by atoms with van der Waals surface area (Å²) < 4.78 is 42.3. The molecule has 3 aromatic rings. The van der Waals surface area contributed by atoms with Gasteiger partial charge in [-0.15, -0.1) is 0 Å². The van der Waals surface area contributed by atoms with Crippen LogP contribution in [-0.4, -0.2) is 35.6 Å². The van der Waals surface area contributed by atoms with Gasteiger partial charge in [-0.1, -0.05) is 12.1 Å². The van der Waals surface area contributed by atoms with Crippen molar-refractivity contribution in [2.24, 2.45) is 0 Å². The summed E-state index contributed by atoms with van der Waals surface area (Å²) in [5.41, 5.74) is -0.180. The minimum atomic E-state index is -4.63. The molecule has 0 spiro atoms. The first-order chi connectivity index (χ1) is 13.4. The Bertz CT molecular complexity index is 1010. The van der Waals surface area contributed by atoms with Crippen LogP contribution in [0, 0.1) is 11.3 Å². The quantitative estimate of drug-likeness (QED) is 0.610. The fourth-order valence-electron chi connectivity index (χ4n) is 3.45. The van der Waals surface area contributed by atoms with Gasteiger partial charge in [0.15, 0.2) is 5.65 Å². The van der Waals surface area contributed by atoms with Gasteiger partial charge in [-0.05, 0) is 32.0 Å². The van der Waals surface area contributed by atoms with Gasteiger partial charge < -0.3 is 10.2 Å². The Hall–Kier alpha value is -2.79. The summed E-state index contributed by atoms with van der Waals surface area (Å²) in [6.07, 6.45) is -3.81. The summed E-state index contributed by atoms with van der Waals surface area (Å²) in [6.45, 7) is 7.74. The second-order valence-corrected chi connectivity index (χ2v) is 6.67. The molecule has 0 radical (unpaired) electrons. The van der Waals surface area contributed by atoms with Crippen LogP contribution < -0.4 is 10.2 Å². The van der Waals surface area contributed by atoms with E-state index in [1.165, 1.54) is 4.90 Å². The van der Waals surface area contributed by atoms with Gasteiger partial charge in [0.1, 0.15) is 17.5 Å². The average molecular weight is 390 g/mol. The maximum atomic E-state index is 13.6. The van der Waals surface area contributed by atoms with Crippen molar-refractivity contribution in [3.05, 3.63) is 41.5 Å². The third kappa shape index (κ3) is 3.76. The zero-order valence-electron chi connectivity index (χ0n) is 15.9. The second kappa shape index (κ2) is 8.07. The van der Waals surface area contributed by atoms with Gasteiger partial charge in [0.2, 0.25) is 0 Å². The van der Waals surface area contributed by atoms with Crippen molar-refractivity contribution in [3.8, 4) is 6.07 Å². The first-order valence-corrected chi connectivity index (χ1v) is 9.39. The van der Waals surface area contributed by atoms with Crippen LogP contribution in [0.1, 0.15) is 31.4 Å². The molecule has 28 heavy (non-hydrogen) atoms. The molecule has 1 aromatic carbocycles. The summed E-state index contributed by atoms with van der Waals surface area (Å²) in [4.78, 5) is 5.74. The number of aromatic nitrogens is 2. The smallest absolute Gasteiger partial charge is 0.371 e. The Morgan fingerprint density at radius 2 is 1.93 bits per heavy atom. The molecule has 148 valence electrons.